The summed E-state index contributed by atoms with van der Waals surface area (Å²) in [6, 6.07) is 15.0. The lowest BCUT2D eigenvalue weighted by atomic mass is 9.99. The van der Waals surface area contributed by atoms with Crippen LogP contribution in [-0.2, 0) is 19.5 Å². The van der Waals surface area contributed by atoms with Gasteiger partial charge in [-0.2, -0.15) is 0 Å². The van der Waals surface area contributed by atoms with Gasteiger partial charge < -0.3 is 14.2 Å². The monoisotopic (exact) mass is 495 g/mol. The second kappa shape index (κ2) is 8.95. The summed E-state index contributed by atoms with van der Waals surface area (Å²) in [6.07, 6.45) is 2.58. The van der Waals surface area contributed by atoms with Gasteiger partial charge in [0.25, 0.3) is 11.8 Å². The first-order valence-electron chi connectivity index (χ1n) is 11.3. The number of hydrogen-bond acceptors (Lipinski definition) is 7. The van der Waals surface area contributed by atoms with Crippen molar-refractivity contribution in [3.63, 3.8) is 0 Å². The maximum absolute atomic E-state index is 13.3. The minimum absolute atomic E-state index is 0.167. The molecule has 2 aliphatic rings. The third kappa shape index (κ3) is 4.36. The van der Waals surface area contributed by atoms with Crippen LogP contribution >= 0.6 is 0 Å². The molecular formula is C25H25N3O6S. The highest BCUT2D eigenvalue weighted by molar-refractivity contribution is 7.90. The molecule has 1 fully saturated rings. The average molecular weight is 496 g/mol. The molecule has 0 spiro atoms. The number of hydroxylamine groups is 1. The van der Waals surface area contributed by atoms with Crippen LogP contribution in [0.25, 0.3) is 11.1 Å². The standard InChI is InChI=1S/C25H25N3O6S/c1-16-15-27(24(29)22-4-3-13-33-22)21-14-18(17-5-8-19(9-6-17)35(2,31)32)7-10-20(21)28(16)25(30)23-11-12-26-34-23/h3-10,13-14,16,23,26H,11-12,15H2,1-2H3/t16-,23?/m0/s1. The predicted octanol–water partition coefficient (Wildman–Crippen LogP) is 3.03. The summed E-state index contributed by atoms with van der Waals surface area (Å²) in [6.45, 7) is 2.76. The number of hydrogen-bond donors (Lipinski definition) is 1. The Hall–Kier alpha value is -3.47. The zero-order valence-corrected chi connectivity index (χ0v) is 20.1. The first-order chi connectivity index (χ1) is 16.7. The SMILES string of the molecule is C[C@H]1CN(C(=O)c2ccco2)c2cc(-c3ccc(S(C)(=O)=O)cc3)ccc2N1C(=O)C1CCNO1. The van der Waals surface area contributed by atoms with Crippen LogP contribution in [0.2, 0.25) is 0 Å². The summed E-state index contributed by atoms with van der Waals surface area (Å²) in [4.78, 5) is 35.6. The number of benzene rings is 2. The fraction of sp³-hybridized carbons (Fsp3) is 0.280. The van der Waals surface area contributed by atoms with E-state index in [2.05, 4.69) is 5.48 Å². The maximum Gasteiger partial charge on any atom is 0.294 e. The van der Waals surface area contributed by atoms with Gasteiger partial charge in [0.1, 0.15) is 0 Å². The van der Waals surface area contributed by atoms with Gasteiger partial charge >= 0.3 is 0 Å². The zero-order valence-electron chi connectivity index (χ0n) is 19.3. The summed E-state index contributed by atoms with van der Waals surface area (Å²) in [5.41, 5.74) is 5.48. The average Bonchev–Trinajstić information content (AvgIpc) is 3.57. The Morgan fingerprint density at radius 2 is 1.77 bits per heavy atom. The highest BCUT2D eigenvalue weighted by Crippen LogP contribution is 2.40. The summed E-state index contributed by atoms with van der Waals surface area (Å²) in [7, 11) is -3.32. The summed E-state index contributed by atoms with van der Waals surface area (Å²) in [5, 5.41) is 0. The first-order valence-corrected chi connectivity index (χ1v) is 13.1. The van der Waals surface area contributed by atoms with Gasteiger partial charge in [0, 0.05) is 19.3 Å². The van der Waals surface area contributed by atoms with E-state index in [4.69, 9.17) is 9.25 Å². The van der Waals surface area contributed by atoms with Crippen molar-refractivity contribution >= 4 is 33.0 Å². The van der Waals surface area contributed by atoms with Crippen LogP contribution in [-0.4, -0.2) is 51.7 Å². The minimum atomic E-state index is -3.32. The number of fused-ring (bicyclic) bond motifs is 1. The number of nitrogens with zero attached hydrogens (tertiary/aromatic N) is 2. The second-order valence-electron chi connectivity index (χ2n) is 8.74. The van der Waals surface area contributed by atoms with Gasteiger partial charge in [-0.15, -0.1) is 0 Å². The van der Waals surface area contributed by atoms with Crippen molar-refractivity contribution in [2.24, 2.45) is 0 Å². The molecule has 5 rings (SSSR count). The largest absolute Gasteiger partial charge is 0.459 e. The van der Waals surface area contributed by atoms with Crippen molar-refractivity contribution in [3.8, 4) is 11.1 Å². The lowest BCUT2D eigenvalue weighted by molar-refractivity contribution is -0.130. The highest BCUT2D eigenvalue weighted by atomic mass is 32.2. The Morgan fingerprint density at radius 3 is 2.40 bits per heavy atom. The van der Waals surface area contributed by atoms with Crippen molar-refractivity contribution in [1.82, 2.24) is 5.48 Å². The van der Waals surface area contributed by atoms with Crippen LogP contribution in [0.4, 0.5) is 11.4 Å². The van der Waals surface area contributed by atoms with E-state index in [-0.39, 0.29) is 35.1 Å². The van der Waals surface area contributed by atoms with Crippen LogP contribution in [0.1, 0.15) is 23.9 Å². The molecule has 2 aliphatic heterocycles. The van der Waals surface area contributed by atoms with E-state index in [0.29, 0.717) is 24.3 Å². The van der Waals surface area contributed by atoms with Gasteiger partial charge in [0.15, 0.2) is 21.7 Å². The molecule has 1 N–H and O–H groups in total. The molecule has 1 aromatic heterocycles. The van der Waals surface area contributed by atoms with Gasteiger partial charge in [0.2, 0.25) is 0 Å². The quantitative estimate of drug-likeness (QED) is 0.593. The van der Waals surface area contributed by atoms with Crippen LogP contribution in [0.3, 0.4) is 0 Å². The van der Waals surface area contributed by atoms with Crippen molar-refractivity contribution in [1.29, 1.82) is 0 Å². The molecule has 0 bridgehead atoms. The van der Waals surface area contributed by atoms with E-state index in [1.807, 2.05) is 25.1 Å². The number of carbonyl (C=O) groups is 2. The molecule has 1 unspecified atom stereocenters. The molecule has 1 saturated heterocycles. The molecule has 10 heteroatoms. The van der Waals surface area contributed by atoms with Gasteiger partial charge in [-0.05, 0) is 60.9 Å². The van der Waals surface area contributed by atoms with Crippen molar-refractivity contribution in [2.45, 2.75) is 30.4 Å². The number of nitrogens with one attached hydrogen (secondary N) is 1. The molecule has 2 aromatic carbocycles. The lowest BCUT2D eigenvalue weighted by Crippen LogP contribution is -2.54. The van der Waals surface area contributed by atoms with Gasteiger partial charge in [-0.3, -0.25) is 14.4 Å². The van der Waals surface area contributed by atoms with Crippen LogP contribution in [0.5, 0.6) is 0 Å². The topological polar surface area (TPSA) is 109 Å². The number of furan rings is 1. The maximum atomic E-state index is 13.3. The van der Waals surface area contributed by atoms with Crippen LogP contribution in [0, 0.1) is 0 Å². The number of carbonyl (C=O) groups excluding carboxylic acids is 2. The molecule has 0 aliphatic carbocycles. The number of anilines is 2. The Labute approximate surface area is 203 Å². The first kappa shape index (κ1) is 23.3. The zero-order chi connectivity index (χ0) is 24.7. The Morgan fingerprint density at radius 1 is 1.03 bits per heavy atom. The Bertz CT molecular complexity index is 1360. The van der Waals surface area contributed by atoms with Gasteiger partial charge in [-0.25, -0.2) is 13.9 Å². The van der Waals surface area contributed by atoms with E-state index in [9.17, 15) is 18.0 Å². The molecule has 9 nitrogen and oxygen atoms in total. The molecular weight excluding hydrogens is 470 g/mol. The lowest BCUT2D eigenvalue weighted by Gasteiger charge is -2.41. The van der Waals surface area contributed by atoms with E-state index >= 15 is 0 Å². The van der Waals surface area contributed by atoms with E-state index < -0.39 is 15.9 Å². The fourth-order valence-corrected chi connectivity index (χ4v) is 5.13. The van der Waals surface area contributed by atoms with Gasteiger partial charge in [0.05, 0.1) is 28.6 Å². The van der Waals surface area contributed by atoms with Crippen molar-refractivity contribution in [3.05, 3.63) is 66.6 Å². The summed E-state index contributed by atoms with van der Waals surface area (Å²) < 4.78 is 29.0. The van der Waals surface area contributed by atoms with Crippen molar-refractivity contribution in [2.75, 3.05) is 29.1 Å². The summed E-state index contributed by atoms with van der Waals surface area (Å²) >= 11 is 0. The van der Waals surface area contributed by atoms with E-state index in [1.54, 1.807) is 46.2 Å². The molecule has 2 amide bonds. The Balaban J connectivity index is 1.58. The molecule has 0 saturated carbocycles. The van der Waals surface area contributed by atoms with E-state index in [1.165, 1.54) is 6.26 Å². The van der Waals surface area contributed by atoms with Gasteiger partial charge in [-0.1, -0.05) is 18.2 Å². The Kier molecular flexibility index (Phi) is 5.96. The van der Waals surface area contributed by atoms with Crippen LogP contribution in [0.15, 0.2) is 70.2 Å². The fourth-order valence-electron chi connectivity index (χ4n) is 4.50. The number of amides is 2. The molecule has 3 heterocycles. The summed E-state index contributed by atoms with van der Waals surface area (Å²) in [5.74, 6) is -0.271. The number of sulfone groups is 1. The molecule has 3 aromatic rings. The molecule has 0 radical (unpaired) electrons. The third-order valence-electron chi connectivity index (χ3n) is 6.25. The molecule has 182 valence electrons. The predicted molar refractivity (Wildman–Crippen MR) is 130 cm³/mol. The molecule has 2 atom stereocenters. The minimum Gasteiger partial charge on any atom is -0.459 e. The number of rotatable bonds is 4. The van der Waals surface area contributed by atoms with Crippen molar-refractivity contribution < 1.29 is 27.3 Å². The van der Waals surface area contributed by atoms with Crippen LogP contribution < -0.4 is 15.3 Å². The van der Waals surface area contributed by atoms with E-state index in [0.717, 1.165) is 17.4 Å². The molecule has 35 heavy (non-hydrogen) atoms. The second-order valence-corrected chi connectivity index (χ2v) is 10.8. The smallest absolute Gasteiger partial charge is 0.294 e. The highest BCUT2D eigenvalue weighted by Gasteiger charge is 2.39. The third-order valence-corrected chi connectivity index (χ3v) is 7.38. The normalized spacial score (nSPS) is 20.1.